The highest BCUT2D eigenvalue weighted by molar-refractivity contribution is 5.91. The van der Waals surface area contributed by atoms with Gasteiger partial charge in [-0.05, 0) is 57.8 Å². The Labute approximate surface area is 221 Å². The van der Waals surface area contributed by atoms with Gasteiger partial charge in [0, 0.05) is 0 Å². The zero-order valence-corrected chi connectivity index (χ0v) is 23.6. The molecule has 10 heteroatoms. The summed E-state index contributed by atoms with van der Waals surface area (Å²) in [6.45, 7) is 12.8. The number of rotatable bonds is 13. The Morgan fingerprint density at radius 2 is 1.54 bits per heavy atom. The molecule has 1 saturated carbocycles. The van der Waals surface area contributed by atoms with Gasteiger partial charge in [0.1, 0.15) is 17.7 Å². The molecular weight excluding hydrogens is 478 g/mol. The lowest BCUT2D eigenvalue weighted by atomic mass is 9.83. The van der Waals surface area contributed by atoms with E-state index >= 15 is 0 Å². The first-order chi connectivity index (χ1) is 17.1. The highest BCUT2D eigenvalue weighted by Gasteiger charge is 2.36. The molecule has 0 spiro atoms. The fourth-order valence-electron chi connectivity index (χ4n) is 4.66. The first-order valence-corrected chi connectivity index (χ1v) is 13.6. The van der Waals surface area contributed by atoms with Crippen molar-refractivity contribution in [2.45, 2.75) is 130 Å². The van der Waals surface area contributed by atoms with Crippen molar-refractivity contribution in [1.82, 2.24) is 16.0 Å². The largest absolute Gasteiger partial charge is 0.481 e. The number of aliphatic hydroxyl groups excluding tert-OH is 1. The van der Waals surface area contributed by atoms with Crippen LogP contribution in [0.3, 0.4) is 0 Å². The molecule has 0 aliphatic heterocycles. The highest BCUT2D eigenvalue weighted by Crippen LogP contribution is 2.27. The quantitative estimate of drug-likeness (QED) is 0.246. The number of hydrogen-bond acceptors (Lipinski definition) is 6. The number of alkyl carbamates (subject to hydrolysis) is 1. The predicted molar refractivity (Wildman–Crippen MR) is 141 cm³/mol. The van der Waals surface area contributed by atoms with Crippen molar-refractivity contribution in [3.8, 4) is 0 Å². The zero-order chi connectivity index (χ0) is 28.3. The number of carbonyl (C=O) groups is 4. The number of nitrogens with one attached hydrogen (secondary N) is 3. The van der Waals surface area contributed by atoms with Gasteiger partial charge in [-0.2, -0.15) is 0 Å². The molecule has 0 bridgehead atoms. The minimum Gasteiger partial charge on any atom is -0.481 e. The predicted octanol–water partition coefficient (Wildman–Crippen LogP) is 3.36. The second-order valence-corrected chi connectivity index (χ2v) is 11.8. The van der Waals surface area contributed by atoms with E-state index in [4.69, 9.17) is 9.84 Å². The Bertz CT molecular complexity index is 760. The summed E-state index contributed by atoms with van der Waals surface area (Å²) < 4.78 is 5.39. The lowest BCUT2D eigenvalue weighted by Gasteiger charge is -2.33. The van der Waals surface area contributed by atoms with Gasteiger partial charge in [-0.3, -0.25) is 14.4 Å². The third-order valence-electron chi connectivity index (χ3n) is 6.77. The van der Waals surface area contributed by atoms with Gasteiger partial charge < -0.3 is 30.9 Å². The van der Waals surface area contributed by atoms with Crippen LogP contribution in [0.25, 0.3) is 0 Å². The molecule has 37 heavy (non-hydrogen) atoms. The number of carbonyl (C=O) groups excluding carboxylic acids is 3. The van der Waals surface area contributed by atoms with Gasteiger partial charge in [-0.1, -0.05) is 53.4 Å². The Balaban J connectivity index is 3.11. The SMILES string of the molecule is CCC(C)[C@H](NC(=O)[C@@H](NC(=O)OC(C)(C)C)C1CCCCC1)C(=O)N[C@@H](CC(C)C)C(O)CC(=O)O. The number of carboxylic acids is 1. The van der Waals surface area contributed by atoms with E-state index in [-0.39, 0.29) is 17.8 Å². The summed E-state index contributed by atoms with van der Waals surface area (Å²) in [6, 6.07) is -2.55. The maximum atomic E-state index is 13.5. The highest BCUT2D eigenvalue weighted by atomic mass is 16.6. The van der Waals surface area contributed by atoms with Gasteiger partial charge in [0.25, 0.3) is 0 Å². The number of carboxylic acid groups (broad SMARTS) is 1. The molecule has 5 atom stereocenters. The van der Waals surface area contributed by atoms with E-state index in [9.17, 15) is 24.3 Å². The number of ether oxygens (including phenoxy) is 1. The van der Waals surface area contributed by atoms with E-state index in [1.165, 1.54) is 0 Å². The molecule has 1 fully saturated rings. The first-order valence-electron chi connectivity index (χ1n) is 13.6. The average molecular weight is 528 g/mol. The molecule has 5 N–H and O–H groups in total. The molecule has 0 radical (unpaired) electrons. The lowest BCUT2D eigenvalue weighted by Crippen LogP contribution is -2.59. The Morgan fingerprint density at radius 3 is 2.03 bits per heavy atom. The molecule has 0 heterocycles. The van der Waals surface area contributed by atoms with Crippen LogP contribution in [0, 0.1) is 17.8 Å². The molecule has 1 aliphatic rings. The Hall–Kier alpha value is -2.36. The van der Waals surface area contributed by atoms with Crippen LogP contribution in [0.5, 0.6) is 0 Å². The number of hydrogen-bond donors (Lipinski definition) is 5. The van der Waals surface area contributed by atoms with Crippen LogP contribution in [0.2, 0.25) is 0 Å². The molecule has 0 aromatic heterocycles. The van der Waals surface area contributed by atoms with Gasteiger partial charge in [0.05, 0.1) is 18.6 Å². The van der Waals surface area contributed by atoms with E-state index in [1.807, 2.05) is 27.7 Å². The number of aliphatic carboxylic acids is 1. The van der Waals surface area contributed by atoms with Crippen molar-refractivity contribution in [3.05, 3.63) is 0 Å². The maximum Gasteiger partial charge on any atom is 0.408 e. The van der Waals surface area contributed by atoms with E-state index in [1.54, 1.807) is 20.8 Å². The fraction of sp³-hybridized carbons (Fsp3) is 0.852. The summed E-state index contributed by atoms with van der Waals surface area (Å²) in [6.07, 6.45) is 3.09. The second kappa shape index (κ2) is 15.1. The van der Waals surface area contributed by atoms with Crippen molar-refractivity contribution in [1.29, 1.82) is 0 Å². The topological polar surface area (TPSA) is 154 Å². The van der Waals surface area contributed by atoms with Gasteiger partial charge in [-0.15, -0.1) is 0 Å². The summed E-state index contributed by atoms with van der Waals surface area (Å²) >= 11 is 0. The third-order valence-corrected chi connectivity index (χ3v) is 6.77. The minimum absolute atomic E-state index is 0.0759. The summed E-state index contributed by atoms with van der Waals surface area (Å²) in [5, 5.41) is 27.9. The second-order valence-electron chi connectivity index (χ2n) is 11.8. The van der Waals surface area contributed by atoms with Crippen molar-refractivity contribution >= 4 is 23.9 Å². The van der Waals surface area contributed by atoms with Crippen LogP contribution in [-0.2, 0) is 19.1 Å². The van der Waals surface area contributed by atoms with Crippen LogP contribution < -0.4 is 16.0 Å². The summed E-state index contributed by atoms with van der Waals surface area (Å²) in [4.78, 5) is 50.6. The van der Waals surface area contributed by atoms with Crippen molar-refractivity contribution < 1.29 is 34.1 Å². The van der Waals surface area contributed by atoms with Crippen LogP contribution in [0.15, 0.2) is 0 Å². The first kappa shape index (κ1) is 32.7. The van der Waals surface area contributed by atoms with E-state index in [2.05, 4.69) is 16.0 Å². The molecule has 10 nitrogen and oxygen atoms in total. The van der Waals surface area contributed by atoms with Crippen molar-refractivity contribution in [2.24, 2.45) is 17.8 Å². The summed E-state index contributed by atoms with van der Waals surface area (Å²) in [5.74, 6) is -2.33. The molecule has 0 aromatic carbocycles. The molecule has 1 aliphatic carbocycles. The van der Waals surface area contributed by atoms with E-state index in [0.717, 1.165) is 32.1 Å². The van der Waals surface area contributed by atoms with Crippen LogP contribution in [-0.4, -0.2) is 63.9 Å². The van der Waals surface area contributed by atoms with Crippen LogP contribution in [0.4, 0.5) is 4.79 Å². The smallest absolute Gasteiger partial charge is 0.408 e. The molecule has 0 saturated heterocycles. The van der Waals surface area contributed by atoms with Gasteiger partial charge >= 0.3 is 12.1 Å². The monoisotopic (exact) mass is 527 g/mol. The molecule has 214 valence electrons. The van der Waals surface area contributed by atoms with E-state index < -0.39 is 60.1 Å². The Kier molecular flexibility index (Phi) is 13.4. The molecule has 1 rings (SSSR count). The van der Waals surface area contributed by atoms with Gasteiger partial charge in [-0.25, -0.2) is 4.79 Å². The summed E-state index contributed by atoms with van der Waals surface area (Å²) in [5.41, 5.74) is -0.723. The fourth-order valence-corrected chi connectivity index (χ4v) is 4.66. The molecule has 2 unspecified atom stereocenters. The van der Waals surface area contributed by atoms with Crippen molar-refractivity contribution in [3.63, 3.8) is 0 Å². The third kappa shape index (κ3) is 12.2. The Morgan fingerprint density at radius 1 is 0.946 bits per heavy atom. The maximum absolute atomic E-state index is 13.5. The minimum atomic E-state index is -1.26. The number of amides is 3. The van der Waals surface area contributed by atoms with E-state index in [0.29, 0.717) is 12.8 Å². The van der Waals surface area contributed by atoms with Gasteiger partial charge in [0.2, 0.25) is 11.8 Å². The summed E-state index contributed by atoms with van der Waals surface area (Å²) in [7, 11) is 0. The zero-order valence-electron chi connectivity index (χ0n) is 23.6. The van der Waals surface area contributed by atoms with Crippen molar-refractivity contribution in [2.75, 3.05) is 0 Å². The molecular formula is C27H49N3O7. The standard InChI is InChI=1S/C27H49N3O7/c1-8-17(4)22(24(34)28-19(14-16(2)3)20(31)15-21(32)33)29-25(35)23(18-12-10-9-11-13-18)30-26(36)37-27(5,6)7/h16-20,22-23,31H,8-15H2,1-7H3,(H,28,34)(H,29,35)(H,30,36)(H,32,33)/t17?,19-,20?,22-,23-/m0/s1. The number of aliphatic hydroxyl groups is 1. The van der Waals surface area contributed by atoms with Crippen LogP contribution in [0.1, 0.15) is 99.8 Å². The average Bonchev–Trinajstić information content (AvgIpc) is 2.78. The van der Waals surface area contributed by atoms with Gasteiger partial charge in [0.15, 0.2) is 0 Å². The molecule has 3 amide bonds. The van der Waals surface area contributed by atoms with Crippen LogP contribution >= 0.6 is 0 Å². The lowest BCUT2D eigenvalue weighted by molar-refractivity contribution is -0.140. The molecule has 0 aromatic rings. The normalized spacial score (nSPS) is 18.7.